The zero-order valence-electron chi connectivity index (χ0n) is 12.3. The van der Waals surface area contributed by atoms with Gasteiger partial charge in [0.1, 0.15) is 0 Å². The maximum Gasteiger partial charge on any atom is 0.160 e. The van der Waals surface area contributed by atoms with Crippen LogP contribution < -0.4 is 4.74 Å². The summed E-state index contributed by atoms with van der Waals surface area (Å²) in [6.45, 7) is 2.20. The van der Waals surface area contributed by atoms with Crippen LogP contribution in [0.4, 0.5) is 0 Å². The zero-order chi connectivity index (χ0) is 13.9. The number of hydrogen-bond donors (Lipinski definition) is 1. The third-order valence-electron chi connectivity index (χ3n) is 4.99. The molecule has 1 unspecified atom stereocenters. The monoisotopic (exact) mass is 275 g/mol. The number of hydrogen-bond acceptors (Lipinski definition) is 3. The number of ether oxygens (including phenoxy) is 1. The molecule has 20 heavy (non-hydrogen) atoms. The van der Waals surface area contributed by atoms with Gasteiger partial charge >= 0.3 is 0 Å². The summed E-state index contributed by atoms with van der Waals surface area (Å²) < 4.78 is 5.21. The summed E-state index contributed by atoms with van der Waals surface area (Å²) in [5, 5.41) is 9.68. The summed E-state index contributed by atoms with van der Waals surface area (Å²) in [4.78, 5) is 2.64. The Kier molecular flexibility index (Phi) is 4.16. The SMILES string of the molecule is COc1cc(CN2CCCC2C2CCCC2)ccc1O. The van der Waals surface area contributed by atoms with E-state index in [2.05, 4.69) is 4.90 Å². The molecule has 3 rings (SSSR count). The summed E-state index contributed by atoms with van der Waals surface area (Å²) in [6.07, 6.45) is 8.36. The van der Waals surface area contributed by atoms with E-state index in [0.717, 1.165) is 18.5 Å². The van der Waals surface area contributed by atoms with E-state index in [9.17, 15) is 5.11 Å². The highest BCUT2D eigenvalue weighted by atomic mass is 16.5. The Morgan fingerprint density at radius 3 is 2.75 bits per heavy atom. The van der Waals surface area contributed by atoms with Crippen LogP contribution in [-0.4, -0.2) is 29.7 Å². The molecule has 0 spiro atoms. The van der Waals surface area contributed by atoms with Gasteiger partial charge in [0.25, 0.3) is 0 Å². The van der Waals surface area contributed by atoms with Gasteiger partial charge in [0.05, 0.1) is 7.11 Å². The predicted molar refractivity (Wildman–Crippen MR) is 80.0 cm³/mol. The van der Waals surface area contributed by atoms with Crippen LogP contribution >= 0.6 is 0 Å². The average molecular weight is 275 g/mol. The lowest BCUT2D eigenvalue weighted by molar-refractivity contribution is 0.183. The van der Waals surface area contributed by atoms with Crippen molar-refractivity contribution in [2.45, 2.75) is 51.1 Å². The second-order valence-electron chi connectivity index (χ2n) is 6.23. The Morgan fingerprint density at radius 2 is 2.00 bits per heavy atom. The fraction of sp³-hybridized carbons (Fsp3) is 0.647. The second-order valence-corrected chi connectivity index (χ2v) is 6.23. The Balaban J connectivity index is 1.69. The van der Waals surface area contributed by atoms with Gasteiger partial charge in [-0.1, -0.05) is 18.9 Å². The van der Waals surface area contributed by atoms with Crippen molar-refractivity contribution in [3.05, 3.63) is 23.8 Å². The van der Waals surface area contributed by atoms with Crippen molar-refractivity contribution in [2.24, 2.45) is 5.92 Å². The minimum Gasteiger partial charge on any atom is -0.504 e. The minimum absolute atomic E-state index is 0.227. The molecule has 1 saturated carbocycles. The Hall–Kier alpha value is -1.22. The van der Waals surface area contributed by atoms with Gasteiger partial charge in [-0.05, 0) is 55.8 Å². The molecule has 110 valence electrons. The highest BCUT2D eigenvalue weighted by Crippen LogP contribution is 2.36. The van der Waals surface area contributed by atoms with Crippen LogP contribution in [0.5, 0.6) is 11.5 Å². The van der Waals surface area contributed by atoms with Crippen LogP contribution in [0.3, 0.4) is 0 Å². The normalized spacial score (nSPS) is 24.4. The first-order valence-corrected chi connectivity index (χ1v) is 7.88. The first-order valence-electron chi connectivity index (χ1n) is 7.88. The van der Waals surface area contributed by atoms with Crippen LogP contribution in [0.15, 0.2) is 18.2 Å². The van der Waals surface area contributed by atoms with Crippen molar-refractivity contribution >= 4 is 0 Å². The molecule has 0 amide bonds. The lowest BCUT2D eigenvalue weighted by atomic mass is 9.96. The molecule has 3 nitrogen and oxygen atoms in total. The van der Waals surface area contributed by atoms with Crippen LogP contribution in [0.2, 0.25) is 0 Å². The van der Waals surface area contributed by atoms with Crippen LogP contribution in [0.25, 0.3) is 0 Å². The van der Waals surface area contributed by atoms with Gasteiger partial charge in [0.2, 0.25) is 0 Å². The summed E-state index contributed by atoms with van der Waals surface area (Å²) >= 11 is 0. The van der Waals surface area contributed by atoms with Crippen LogP contribution in [0.1, 0.15) is 44.1 Å². The zero-order valence-corrected chi connectivity index (χ0v) is 12.3. The average Bonchev–Trinajstić information content (AvgIpc) is 3.11. The van der Waals surface area contributed by atoms with E-state index in [1.807, 2.05) is 12.1 Å². The summed E-state index contributed by atoms with van der Waals surface area (Å²) in [7, 11) is 1.61. The number of phenolic OH excluding ortho intramolecular Hbond substituents is 1. The smallest absolute Gasteiger partial charge is 0.160 e. The molecule has 1 atom stereocenters. The fourth-order valence-electron chi connectivity index (χ4n) is 3.98. The number of likely N-dealkylation sites (tertiary alicyclic amines) is 1. The molecule has 1 aromatic carbocycles. The van der Waals surface area contributed by atoms with Crippen molar-refractivity contribution in [3.63, 3.8) is 0 Å². The van der Waals surface area contributed by atoms with Crippen LogP contribution in [-0.2, 0) is 6.54 Å². The molecule has 1 aromatic rings. The Morgan fingerprint density at radius 1 is 1.20 bits per heavy atom. The van der Waals surface area contributed by atoms with E-state index in [1.54, 1.807) is 13.2 Å². The lowest BCUT2D eigenvalue weighted by Gasteiger charge is -2.29. The molecular weight excluding hydrogens is 250 g/mol. The van der Waals surface area contributed by atoms with Gasteiger partial charge in [0.15, 0.2) is 11.5 Å². The highest BCUT2D eigenvalue weighted by molar-refractivity contribution is 5.41. The standard InChI is InChI=1S/C17H25NO2/c1-20-17-11-13(8-9-16(17)19)12-18-10-4-7-15(18)14-5-2-3-6-14/h8-9,11,14-15,19H,2-7,10,12H2,1H3. The number of benzene rings is 1. The molecule has 1 aliphatic heterocycles. The van der Waals surface area contributed by atoms with Gasteiger partial charge < -0.3 is 9.84 Å². The van der Waals surface area contributed by atoms with E-state index < -0.39 is 0 Å². The number of methoxy groups -OCH3 is 1. The minimum atomic E-state index is 0.227. The number of nitrogens with zero attached hydrogens (tertiary/aromatic N) is 1. The summed E-state index contributed by atoms with van der Waals surface area (Å²) in [6, 6.07) is 6.51. The number of rotatable bonds is 4. The molecule has 2 fully saturated rings. The molecule has 1 heterocycles. The summed E-state index contributed by atoms with van der Waals surface area (Å²) in [5.41, 5.74) is 1.24. The third-order valence-corrected chi connectivity index (χ3v) is 4.99. The molecule has 0 aromatic heterocycles. The predicted octanol–water partition coefficient (Wildman–Crippen LogP) is 3.56. The topological polar surface area (TPSA) is 32.7 Å². The summed E-state index contributed by atoms with van der Waals surface area (Å²) in [5.74, 6) is 1.72. The quantitative estimate of drug-likeness (QED) is 0.912. The maximum atomic E-state index is 9.68. The Bertz CT molecular complexity index is 454. The van der Waals surface area contributed by atoms with Gasteiger partial charge in [-0.3, -0.25) is 4.90 Å². The molecular formula is C17H25NO2. The van der Waals surface area contributed by atoms with Gasteiger partial charge in [-0.15, -0.1) is 0 Å². The van der Waals surface area contributed by atoms with Crippen molar-refractivity contribution in [1.82, 2.24) is 4.90 Å². The molecule has 1 aliphatic carbocycles. The largest absolute Gasteiger partial charge is 0.504 e. The fourth-order valence-corrected chi connectivity index (χ4v) is 3.98. The maximum absolute atomic E-state index is 9.68. The molecule has 1 saturated heterocycles. The molecule has 2 aliphatic rings. The highest BCUT2D eigenvalue weighted by Gasteiger charge is 2.33. The van der Waals surface area contributed by atoms with E-state index in [1.165, 1.54) is 50.6 Å². The van der Waals surface area contributed by atoms with E-state index >= 15 is 0 Å². The second kappa shape index (κ2) is 6.04. The molecule has 0 bridgehead atoms. The lowest BCUT2D eigenvalue weighted by Crippen LogP contribution is -2.34. The van der Waals surface area contributed by atoms with E-state index in [0.29, 0.717) is 5.75 Å². The van der Waals surface area contributed by atoms with Crippen molar-refractivity contribution in [3.8, 4) is 11.5 Å². The molecule has 3 heteroatoms. The van der Waals surface area contributed by atoms with E-state index in [-0.39, 0.29) is 5.75 Å². The first-order chi connectivity index (χ1) is 9.78. The third kappa shape index (κ3) is 2.78. The number of phenols is 1. The van der Waals surface area contributed by atoms with Crippen LogP contribution in [0, 0.1) is 5.92 Å². The van der Waals surface area contributed by atoms with Gasteiger partial charge in [0, 0.05) is 12.6 Å². The molecule has 1 N–H and O–H groups in total. The van der Waals surface area contributed by atoms with Crippen molar-refractivity contribution < 1.29 is 9.84 Å². The van der Waals surface area contributed by atoms with E-state index in [4.69, 9.17) is 4.74 Å². The van der Waals surface area contributed by atoms with Crippen molar-refractivity contribution in [2.75, 3.05) is 13.7 Å². The molecule has 0 radical (unpaired) electrons. The van der Waals surface area contributed by atoms with Crippen molar-refractivity contribution in [1.29, 1.82) is 0 Å². The van der Waals surface area contributed by atoms with Gasteiger partial charge in [-0.2, -0.15) is 0 Å². The van der Waals surface area contributed by atoms with Gasteiger partial charge in [-0.25, -0.2) is 0 Å². The number of aromatic hydroxyl groups is 1. The first kappa shape index (κ1) is 13.7. The Labute approximate surface area is 121 Å².